The number of fused-ring (bicyclic) bond motifs is 1. The number of piperidine rings is 1. The number of nitrogens with zero attached hydrogens (tertiary/aromatic N) is 2. The van der Waals surface area contributed by atoms with Crippen molar-refractivity contribution < 1.29 is 4.79 Å². The molecule has 1 amide bonds. The van der Waals surface area contributed by atoms with E-state index in [1.54, 1.807) is 11.3 Å². The summed E-state index contributed by atoms with van der Waals surface area (Å²) < 4.78 is 1.15. The van der Waals surface area contributed by atoms with E-state index in [0.29, 0.717) is 0 Å². The number of rotatable bonds is 3. The second-order valence-electron chi connectivity index (χ2n) is 5.29. The molecule has 1 unspecified atom stereocenters. The summed E-state index contributed by atoms with van der Waals surface area (Å²) in [6.07, 6.45) is 3.50. The third-order valence-corrected chi connectivity index (χ3v) is 4.54. The largest absolute Gasteiger partial charge is 0.374 e. The van der Waals surface area contributed by atoms with Crippen LogP contribution in [-0.2, 0) is 4.79 Å². The maximum absolute atomic E-state index is 12.4. The standard InChI is InChI=1S/C15H19N3OS/c1-11(15(19)18-7-3-2-4-8-18)17-12-5-6-13-14(9-12)20-10-16-13/h5-6,9-11,17H,2-4,7-8H2,1H3. The molecule has 1 aliphatic heterocycles. The zero-order valence-corrected chi connectivity index (χ0v) is 12.4. The van der Waals surface area contributed by atoms with Crippen LogP contribution in [-0.4, -0.2) is 34.9 Å². The zero-order valence-electron chi connectivity index (χ0n) is 11.6. The average molecular weight is 289 g/mol. The lowest BCUT2D eigenvalue weighted by Crippen LogP contribution is -2.43. The van der Waals surface area contributed by atoms with Crippen molar-refractivity contribution in [3.63, 3.8) is 0 Å². The monoisotopic (exact) mass is 289 g/mol. The highest BCUT2D eigenvalue weighted by Gasteiger charge is 2.21. The molecule has 0 spiro atoms. The molecule has 1 N–H and O–H groups in total. The van der Waals surface area contributed by atoms with E-state index >= 15 is 0 Å². The molecule has 1 atom stereocenters. The van der Waals surface area contributed by atoms with Gasteiger partial charge in [-0.15, -0.1) is 11.3 Å². The molecule has 4 nitrogen and oxygen atoms in total. The number of aromatic nitrogens is 1. The molecule has 20 heavy (non-hydrogen) atoms. The molecular weight excluding hydrogens is 270 g/mol. The number of likely N-dealkylation sites (tertiary alicyclic amines) is 1. The van der Waals surface area contributed by atoms with Crippen molar-refractivity contribution in [2.45, 2.75) is 32.2 Å². The Kier molecular flexibility index (Phi) is 3.87. The smallest absolute Gasteiger partial charge is 0.244 e. The van der Waals surface area contributed by atoms with Gasteiger partial charge in [-0.3, -0.25) is 4.79 Å². The first kappa shape index (κ1) is 13.4. The van der Waals surface area contributed by atoms with Crippen molar-refractivity contribution in [3.8, 4) is 0 Å². The third kappa shape index (κ3) is 2.77. The number of benzene rings is 1. The van der Waals surface area contributed by atoms with Crippen LogP contribution in [0.2, 0.25) is 0 Å². The molecule has 3 rings (SSSR count). The summed E-state index contributed by atoms with van der Waals surface area (Å²) in [5, 5.41) is 3.31. The summed E-state index contributed by atoms with van der Waals surface area (Å²) in [5.41, 5.74) is 3.84. The zero-order chi connectivity index (χ0) is 13.9. The van der Waals surface area contributed by atoms with Crippen LogP contribution >= 0.6 is 11.3 Å². The fraction of sp³-hybridized carbons (Fsp3) is 0.467. The van der Waals surface area contributed by atoms with Crippen molar-refractivity contribution in [3.05, 3.63) is 23.7 Å². The highest BCUT2D eigenvalue weighted by molar-refractivity contribution is 7.16. The van der Waals surface area contributed by atoms with Crippen molar-refractivity contribution in [1.29, 1.82) is 0 Å². The fourth-order valence-electron chi connectivity index (χ4n) is 2.64. The average Bonchev–Trinajstić information content (AvgIpc) is 2.95. The van der Waals surface area contributed by atoms with Gasteiger partial charge in [-0.1, -0.05) is 0 Å². The highest BCUT2D eigenvalue weighted by Crippen LogP contribution is 2.22. The number of anilines is 1. The lowest BCUT2D eigenvalue weighted by Gasteiger charge is -2.29. The first-order valence-corrected chi connectivity index (χ1v) is 8.00. The Labute approximate surface area is 122 Å². The second kappa shape index (κ2) is 5.79. The Hall–Kier alpha value is -1.62. The molecule has 1 aliphatic rings. The topological polar surface area (TPSA) is 45.2 Å². The minimum atomic E-state index is -0.182. The van der Waals surface area contributed by atoms with Crippen LogP contribution in [0.15, 0.2) is 23.7 Å². The number of thiazole rings is 1. The van der Waals surface area contributed by atoms with E-state index in [1.807, 2.05) is 29.5 Å². The lowest BCUT2D eigenvalue weighted by atomic mass is 10.1. The van der Waals surface area contributed by atoms with Crippen molar-refractivity contribution in [2.75, 3.05) is 18.4 Å². The highest BCUT2D eigenvalue weighted by atomic mass is 32.1. The molecule has 0 bridgehead atoms. The van der Waals surface area contributed by atoms with Gasteiger partial charge < -0.3 is 10.2 Å². The number of nitrogens with one attached hydrogen (secondary N) is 1. The quantitative estimate of drug-likeness (QED) is 0.944. The fourth-order valence-corrected chi connectivity index (χ4v) is 3.36. The van der Waals surface area contributed by atoms with Gasteiger partial charge in [-0.2, -0.15) is 0 Å². The van der Waals surface area contributed by atoms with Crippen molar-refractivity contribution in [2.24, 2.45) is 0 Å². The Balaban J connectivity index is 1.67. The molecular formula is C15H19N3OS. The predicted octanol–water partition coefficient (Wildman–Crippen LogP) is 3.11. The van der Waals surface area contributed by atoms with E-state index in [0.717, 1.165) is 41.8 Å². The normalized spacial score (nSPS) is 17.1. The molecule has 2 aromatic rings. The van der Waals surface area contributed by atoms with Crippen LogP contribution in [0.25, 0.3) is 10.2 Å². The lowest BCUT2D eigenvalue weighted by molar-refractivity contribution is -0.132. The van der Waals surface area contributed by atoms with E-state index < -0.39 is 0 Å². The van der Waals surface area contributed by atoms with Crippen LogP contribution in [0, 0.1) is 0 Å². The Bertz CT molecular complexity index is 604. The van der Waals surface area contributed by atoms with Gasteiger partial charge in [-0.25, -0.2) is 4.98 Å². The van der Waals surface area contributed by atoms with Gasteiger partial charge in [-0.05, 0) is 44.4 Å². The second-order valence-corrected chi connectivity index (χ2v) is 6.17. The van der Waals surface area contributed by atoms with Crippen LogP contribution in [0.3, 0.4) is 0 Å². The number of amides is 1. The van der Waals surface area contributed by atoms with E-state index in [2.05, 4.69) is 16.4 Å². The molecule has 106 valence electrons. The SMILES string of the molecule is CC(Nc1ccc2ncsc2c1)C(=O)N1CCCCC1. The third-order valence-electron chi connectivity index (χ3n) is 3.75. The van der Waals surface area contributed by atoms with Crippen molar-refractivity contribution in [1.82, 2.24) is 9.88 Å². The molecule has 1 saturated heterocycles. The number of carbonyl (C=O) groups is 1. The van der Waals surface area contributed by atoms with Crippen LogP contribution in [0.5, 0.6) is 0 Å². The molecule has 1 aromatic heterocycles. The van der Waals surface area contributed by atoms with Gasteiger partial charge in [0.05, 0.1) is 15.7 Å². The van der Waals surface area contributed by atoms with Gasteiger partial charge >= 0.3 is 0 Å². The van der Waals surface area contributed by atoms with Gasteiger partial charge in [0, 0.05) is 18.8 Å². The molecule has 1 fully saturated rings. The summed E-state index contributed by atoms with van der Waals surface area (Å²) in [4.78, 5) is 18.6. The summed E-state index contributed by atoms with van der Waals surface area (Å²) in [6.45, 7) is 3.74. The molecule has 1 aromatic carbocycles. The number of carbonyl (C=O) groups excluding carboxylic acids is 1. The molecule has 0 saturated carbocycles. The summed E-state index contributed by atoms with van der Waals surface area (Å²) >= 11 is 1.62. The molecule has 0 aliphatic carbocycles. The van der Waals surface area contributed by atoms with Gasteiger partial charge in [0.1, 0.15) is 6.04 Å². The molecule has 0 radical (unpaired) electrons. The number of hydrogen-bond acceptors (Lipinski definition) is 4. The summed E-state index contributed by atoms with van der Waals surface area (Å²) in [7, 11) is 0. The van der Waals surface area contributed by atoms with Crippen LogP contribution < -0.4 is 5.32 Å². The van der Waals surface area contributed by atoms with Crippen molar-refractivity contribution >= 4 is 33.1 Å². The van der Waals surface area contributed by atoms with E-state index in [-0.39, 0.29) is 11.9 Å². The minimum absolute atomic E-state index is 0.182. The maximum Gasteiger partial charge on any atom is 0.244 e. The molecule has 2 heterocycles. The Morgan fingerprint density at radius 2 is 2.15 bits per heavy atom. The van der Waals surface area contributed by atoms with Crippen LogP contribution in [0.1, 0.15) is 26.2 Å². The maximum atomic E-state index is 12.4. The van der Waals surface area contributed by atoms with Crippen LogP contribution in [0.4, 0.5) is 5.69 Å². The minimum Gasteiger partial charge on any atom is -0.374 e. The first-order valence-electron chi connectivity index (χ1n) is 7.12. The van der Waals surface area contributed by atoms with Gasteiger partial charge in [0.2, 0.25) is 5.91 Å². The van der Waals surface area contributed by atoms with Gasteiger partial charge in [0.25, 0.3) is 0 Å². The summed E-state index contributed by atoms with van der Waals surface area (Å²) in [5.74, 6) is 0.203. The summed E-state index contributed by atoms with van der Waals surface area (Å²) in [6, 6.07) is 5.86. The number of hydrogen-bond donors (Lipinski definition) is 1. The molecule has 5 heteroatoms. The van der Waals surface area contributed by atoms with E-state index in [1.165, 1.54) is 6.42 Å². The predicted molar refractivity (Wildman–Crippen MR) is 83.1 cm³/mol. The van der Waals surface area contributed by atoms with Gasteiger partial charge in [0.15, 0.2) is 0 Å². The van der Waals surface area contributed by atoms with E-state index in [9.17, 15) is 4.79 Å². The first-order chi connectivity index (χ1) is 9.74. The van der Waals surface area contributed by atoms with E-state index in [4.69, 9.17) is 0 Å². The Morgan fingerprint density at radius 3 is 2.95 bits per heavy atom. The Morgan fingerprint density at radius 1 is 1.35 bits per heavy atom.